The summed E-state index contributed by atoms with van der Waals surface area (Å²) < 4.78 is 4.86. The molecule has 0 radical (unpaired) electrons. The molecule has 1 aromatic rings. The molecule has 0 saturated carbocycles. The first-order valence-corrected chi connectivity index (χ1v) is 2.84. The number of rotatable bonds is 2. The van der Waals surface area contributed by atoms with Gasteiger partial charge < -0.3 is 4.74 Å². The summed E-state index contributed by atoms with van der Waals surface area (Å²) in [6, 6.07) is 6.67. The Labute approximate surface area is 58.6 Å². The van der Waals surface area contributed by atoms with Gasteiger partial charge in [-0.2, -0.15) is 0 Å². The van der Waals surface area contributed by atoms with Gasteiger partial charge in [0.2, 0.25) is 0 Å². The van der Waals surface area contributed by atoms with Crippen molar-refractivity contribution in [3.8, 4) is 5.75 Å². The molecule has 0 amide bonds. The van der Waals surface area contributed by atoms with Gasteiger partial charge in [-0.25, -0.2) is 0 Å². The number of nitroso groups, excluding NO2 is 1. The molecule has 52 valence electrons. The lowest BCUT2D eigenvalue weighted by Gasteiger charge is -1.96. The molecule has 0 N–H and O–H groups in total. The van der Waals surface area contributed by atoms with E-state index in [2.05, 4.69) is 5.18 Å². The van der Waals surface area contributed by atoms with Crippen molar-refractivity contribution >= 4 is 5.69 Å². The Balaban J connectivity index is 2.98. The molecule has 0 heterocycles. The summed E-state index contributed by atoms with van der Waals surface area (Å²) in [5.41, 5.74) is 0.388. The summed E-state index contributed by atoms with van der Waals surface area (Å²) >= 11 is 0. The molecule has 3 heteroatoms. The third-order valence-corrected chi connectivity index (χ3v) is 1.16. The first kappa shape index (κ1) is 6.74. The van der Waals surface area contributed by atoms with E-state index in [9.17, 15) is 4.91 Å². The topological polar surface area (TPSA) is 38.7 Å². The molecule has 1 aromatic carbocycles. The summed E-state index contributed by atoms with van der Waals surface area (Å²) in [7, 11) is 1.55. The van der Waals surface area contributed by atoms with E-state index in [-0.39, 0.29) is 0 Å². The van der Waals surface area contributed by atoms with Crippen molar-refractivity contribution in [3.63, 3.8) is 0 Å². The number of hydrogen-bond donors (Lipinski definition) is 0. The van der Waals surface area contributed by atoms with Gasteiger partial charge in [0.05, 0.1) is 7.11 Å². The number of methoxy groups -OCH3 is 1. The first-order chi connectivity index (χ1) is 4.86. The maximum absolute atomic E-state index is 9.97. The van der Waals surface area contributed by atoms with E-state index in [0.29, 0.717) is 11.4 Å². The fraction of sp³-hybridized carbons (Fsp3) is 0.143. The lowest BCUT2D eigenvalue weighted by molar-refractivity contribution is 0.415. The van der Waals surface area contributed by atoms with Crippen molar-refractivity contribution in [2.24, 2.45) is 5.18 Å². The van der Waals surface area contributed by atoms with Crippen LogP contribution in [0.5, 0.6) is 5.75 Å². The SMILES string of the molecule is COc1cccc(N=O)c1. The van der Waals surface area contributed by atoms with Crippen LogP contribution in [-0.4, -0.2) is 7.11 Å². The number of ether oxygens (including phenoxy) is 1. The molecular formula is C7H7NO2. The second-order valence-corrected chi connectivity index (χ2v) is 1.79. The van der Waals surface area contributed by atoms with Gasteiger partial charge in [0.1, 0.15) is 11.4 Å². The Morgan fingerprint density at radius 3 is 2.90 bits per heavy atom. The molecule has 0 aliphatic heterocycles. The van der Waals surface area contributed by atoms with Gasteiger partial charge in [0, 0.05) is 6.07 Å². The molecule has 1 rings (SSSR count). The van der Waals surface area contributed by atoms with Gasteiger partial charge >= 0.3 is 0 Å². The Hall–Kier alpha value is -1.38. The molecular weight excluding hydrogens is 130 g/mol. The van der Waals surface area contributed by atoms with Crippen molar-refractivity contribution < 1.29 is 4.74 Å². The minimum Gasteiger partial charge on any atom is -0.497 e. The minimum atomic E-state index is 0.388. The lowest BCUT2D eigenvalue weighted by atomic mass is 10.3. The molecule has 0 aromatic heterocycles. The van der Waals surface area contributed by atoms with Crippen LogP contribution in [0, 0.1) is 4.91 Å². The zero-order valence-electron chi connectivity index (χ0n) is 5.57. The van der Waals surface area contributed by atoms with E-state index in [1.54, 1.807) is 31.4 Å². The number of nitrogens with zero attached hydrogens (tertiary/aromatic N) is 1. The molecule has 3 nitrogen and oxygen atoms in total. The molecule has 0 fully saturated rings. The van der Waals surface area contributed by atoms with Crippen LogP contribution in [0.3, 0.4) is 0 Å². The number of hydrogen-bond acceptors (Lipinski definition) is 3. The standard InChI is InChI=1S/C7H7NO2/c1-10-7-4-2-3-6(5-7)8-9/h2-5H,1H3. The highest BCUT2D eigenvalue weighted by Gasteiger charge is 1.92. The van der Waals surface area contributed by atoms with Crippen molar-refractivity contribution in [3.05, 3.63) is 29.2 Å². The summed E-state index contributed by atoms with van der Waals surface area (Å²) in [5.74, 6) is 0.650. The average Bonchev–Trinajstić information content (AvgIpc) is 2.05. The van der Waals surface area contributed by atoms with Crippen LogP contribution in [0.2, 0.25) is 0 Å². The van der Waals surface area contributed by atoms with Gasteiger partial charge in [0.25, 0.3) is 0 Å². The molecule has 0 aliphatic carbocycles. The maximum atomic E-state index is 9.97. The number of benzene rings is 1. The van der Waals surface area contributed by atoms with Gasteiger partial charge in [0.15, 0.2) is 0 Å². The third kappa shape index (κ3) is 1.31. The summed E-state index contributed by atoms with van der Waals surface area (Å²) in [4.78, 5) is 9.97. The Morgan fingerprint density at radius 1 is 1.50 bits per heavy atom. The predicted molar refractivity (Wildman–Crippen MR) is 38.4 cm³/mol. The van der Waals surface area contributed by atoms with Crippen LogP contribution in [0.4, 0.5) is 5.69 Å². The van der Waals surface area contributed by atoms with Crippen LogP contribution in [0.25, 0.3) is 0 Å². The highest BCUT2D eigenvalue weighted by Crippen LogP contribution is 2.18. The van der Waals surface area contributed by atoms with E-state index >= 15 is 0 Å². The molecule has 0 unspecified atom stereocenters. The monoisotopic (exact) mass is 137 g/mol. The van der Waals surface area contributed by atoms with E-state index in [0.717, 1.165) is 0 Å². The van der Waals surface area contributed by atoms with Crippen LogP contribution < -0.4 is 4.74 Å². The van der Waals surface area contributed by atoms with Gasteiger partial charge in [-0.1, -0.05) is 6.07 Å². The molecule has 10 heavy (non-hydrogen) atoms. The van der Waals surface area contributed by atoms with E-state index < -0.39 is 0 Å². The third-order valence-electron chi connectivity index (χ3n) is 1.16. The van der Waals surface area contributed by atoms with Gasteiger partial charge in [-0.05, 0) is 17.3 Å². The second kappa shape index (κ2) is 2.96. The zero-order chi connectivity index (χ0) is 7.40. The molecule has 0 atom stereocenters. The highest BCUT2D eigenvalue weighted by atomic mass is 16.5. The van der Waals surface area contributed by atoms with E-state index in [1.807, 2.05) is 0 Å². The van der Waals surface area contributed by atoms with E-state index in [4.69, 9.17) is 4.74 Å². The van der Waals surface area contributed by atoms with Crippen LogP contribution in [-0.2, 0) is 0 Å². The molecule has 0 saturated heterocycles. The maximum Gasteiger partial charge on any atom is 0.121 e. The normalized spacial score (nSPS) is 8.90. The largest absolute Gasteiger partial charge is 0.497 e. The highest BCUT2D eigenvalue weighted by molar-refractivity contribution is 5.42. The van der Waals surface area contributed by atoms with Crippen molar-refractivity contribution in [2.45, 2.75) is 0 Å². The minimum absolute atomic E-state index is 0.388. The Bertz CT molecular complexity index is 235. The second-order valence-electron chi connectivity index (χ2n) is 1.79. The summed E-state index contributed by atoms with van der Waals surface area (Å²) in [6.45, 7) is 0. The van der Waals surface area contributed by atoms with Crippen LogP contribution in [0.1, 0.15) is 0 Å². The Morgan fingerprint density at radius 2 is 2.30 bits per heavy atom. The van der Waals surface area contributed by atoms with E-state index in [1.165, 1.54) is 0 Å². The molecule has 0 aliphatic rings. The fourth-order valence-corrected chi connectivity index (χ4v) is 0.667. The van der Waals surface area contributed by atoms with Gasteiger partial charge in [-0.15, -0.1) is 4.91 Å². The van der Waals surface area contributed by atoms with Crippen LogP contribution >= 0.6 is 0 Å². The van der Waals surface area contributed by atoms with Crippen LogP contribution in [0.15, 0.2) is 29.4 Å². The lowest BCUT2D eigenvalue weighted by Crippen LogP contribution is -1.79. The van der Waals surface area contributed by atoms with Crippen molar-refractivity contribution in [2.75, 3.05) is 7.11 Å². The first-order valence-electron chi connectivity index (χ1n) is 2.84. The van der Waals surface area contributed by atoms with Gasteiger partial charge in [-0.3, -0.25) is 0 Å². The fourth-order valence-electron chi connectivity index (χ4n) is 0.667. The molecule has 0 spiro atoms. The Kier molecular flexibility index (Phi) is 1.99. The smallest absolute Gasteiger partial charge is 0.121 e. The average molecular weight is 137 g/mol. The van der Waals surface area contributed by atoms with Crippen molar-refractivity contribution in [1.29, 1.82) is 0 Å². The van der Waals surface area contributed by atoms with Crippen molar-refractivity contribution in [1.82, 2.24) is 0 Å². The quantitative estimate of drug-likeness (QED) is 0.585. The summed E-state index contributed by atoms with van der Waals surface area (Å²) in [6.07, 6.45) is 0. The predicted octanol–water partition coefficient (Wildman–Crippen LogP) is 2.09. The molecule has 0 bridgehead atoms. The zero-order valence-corrected chi connectivity index (χ0v) is 5.57. The summed E-state index contributed by atoms with van der Waals surface area (Å²) in [5, 5.41) is 2.75.